The summed E-state index contributed by atoms with van der Waals surface area (Å²) >= 11 is 0. The van der Waals surface area contributed by atoms with Crippen LogP contribution in [-0.4, -0.2) is 21.5 Å². The quantitative estimate of drug-likeness (QED) is 0.238. The normalized spacial score (nSPS) is 8.56. The van der Waals surface area contributed by atoms with Crippen molar-refractivity contribution in [2.75, 3.05) is 6.61 Å². The van der Waals surface area contributed by atoms with Gasteiger partial charge in [-0.2, -0.15) is 0 Å². The number of rotatable bonds is 0. The second-order valence-electron chi connectivity index (χ2n) is 0.807. The average Bonchev–Trinajstić information content (AvgIpc) is 1.27. The third kappa shape index (κ3) is 865. The molecule has 0 amide bonds. The summed E-state index contributed by atoms with van der Waals surface area (Å²) in [5.41, 5.74) is 0. The van der Waals surface area contributed by atoms with E-state index in [2.05, 4.69) is 0 Å². The van der Waals surface area contributed by atoms with Crippen molar-refractivity contribution in [2.24, 2.45) is 0 Å². The monoisotopic (exact) mass is 150 g/mol. The molecule has 0 aromatic carbocycles. The molecule has 52 valence electrons. The van der Waals surface area contributed by atoms with Gasteiger partial charge < -0.3 is 19.8 Å². The first-order valence-corrected chi connectivity index (χ1v) is 3.32. The van der Waals surface area contributed by atoms with E-state index in [4.69, 9.17) is 24.4 Å². The van der Waals surface area contributed by atoms with Gasteiger partial charge in [0.15, 0.2) is 0 Å². The summed E-state index contributed by atoms with van der Waals surface area (Å²) in [6.45, 7) is 1.93. The van der Waals surface area contributed by atoms with Crippen LogP contribution in [0.4, 0.5) is 0 Å². The van der Waals surface area contributed by atoms with Crippen LogP contribution in [0.2, 0.25) is 0 Å². The summed E-state index contributed by atoms with van der Waals surface area (Å²) in [6, 6.07) is 0. The number of hydrogen-bond acceptors (Lipinski definition) is 3. The number of hydrogen-bond donors (Lipinski definition) is 3. The first-order chi connectivity index (χ1) is 3.41. The van der Waals surface area contributed by atoms with Crippen LogP contribution in [0.1, 0.15) is 6.92 Å². The zero-order valence-corrected chi connectivity index (χ0v) is 6.21. The van der Waals surface area contributed by atoms with Crippen molar-refractivity contribution >= 4 is 7.82 Å². The smallest absolute Gasteiger partial charge is 0.756 e. The Kier molecular flexibility index (Phi) is 15.7. The molecular formula is C2H8LiO5P. The van der Waals surface area contributed by atoms with E-state index in [0.29, 0.717) is 0 Å². The van der Waals surface area contributed by atoms with Gasteiger partial charge in [-0.15, -0.1) is 0 Å². The van der Waals surface area contributed by atoms with E-state index in [1.165, 1.54) is 0 Å². The minimum atomic E-state index is -4.89. The van der Waals surface area contributed by atoms with Gasteiger partial charge in [0.05, 0.1) is 0 Å². The van der Waals surface area contributed by atoms with Gasteiger partial charge in [-0.3, -0.25) is 4.57 Å². The van der Waals surface area contributed by atoms with E-state index in [1.54, 1.807) is 6.92 Å². The van der Waals surface area contributed by atoms with E-state index in [1.807, 2.05) is 0 Å². The van der Waals surface area contributed by atoms with Gasteiger partial charge in [-0.1, -0.05) is 0 Å². The van der Waals surface area contributed by atoms with Crippen LogP contribution in [0.5, 0.6) is 0 Å². The van der Waals surface area contributed by atoms with Crippen molar-refractivity contribution in [3.8, 4) is 0 Å². The molecule has 0 atom stereocenters. The third-order valence-electron chi connectivity index (χ3n) is 0. The maximum absolute atomic E-state index is 8.77. The summed E-state index contributed by atoms with van der Waals surface area (Å²) in [5, 5.41) is 7.57. The van der Waals surface area contributed by atoms with Crippen LogP contribution in [0.25, 0.3) is 0 Å². The summed E-state index contributed by atoms with van der Waals surface area (Å²) in [5.74, 6) is 0. The van der Waals surface area contributed by atoms with Crippen molar-refractivity contribution in [3.63, 3.8) is 0 Å². The fourth-order valence-electron chi connectivity index (χ4n) is 0. The Morgan fingerprint density at radius 1 is 1.56 bits per heavy atom. The van der Waals surface area contributed by atoms with E-state index >= 15 is 0 Å². The maximum Gasteiger partial charge on any atom is 1.00 e. The van der Waals surface area contributed by atoms with Crippen LogP contribution in [0.3, 0.4) is 0 Å². The van der Waals surface area contributed by atoms with Crippen molar-refractivity contribution < 1.29 is 43.2 Å². The Balaban J connectivity index is -0.0000000800. The molecule has 0 aromatic rings. The molecule has 0 saturated carbocycles. The topological polar surface area (TPSA) is 101 Å². The van der Waals surface area contributed by atoms with Gasteiger partial charge in [0.25, 0.3) is 7.82 Å². The minimum Gasteiger partial charge on any atom is -0.756 e. The van der Waals surface area contributed by atoms with Crippen LogP contribution in [0.15, 0.2) is 0 Å². The molecule has 9 heavy (non-hydrogen) atoms. The molecule has 3 N–H and O–H groups in total. The summed E-state index contributed by atoms with van der Waals surface area (Å²) in [6.07, 6.45) is 0. The SMILES string of the molecule is CCO.O=P([O-])(O)O.[Li+]. The van der Waals surface area contributed by atoms with Gasteiger partial charge >= 0.3 is 18.9 Å². The number of phosphoric acid groups is 1. The molecule has 0 heterocycles. The van der Waals surface area contributed by atoms with Gasteiger partial charge in [0.2, 0.25) is 0 Å². The van der Waals surface area contributed by atoms with Crippen LogP contribution in [-0.2, 0) is 4.57 Å². The molecule has 0 aliphatic heterocycles. The van der Waals surface area contributed by atoms with Crippen LogP contribution in [0, 0.1) is 0 Å². The molecule has 0 spiro atoms. The molecule has 0 rings (SSSR count). The van der Waals surface area contributed by atoms with E-state index in [9.17, 15) is 0 Å². The predicted molar refractivity (Wildman–Crippen MR) is 24.8 cm³/mol. The zero-order valence-electron chi connectivity index (χ0n) is 5.31. The molecular weight excluding hydrogens is 142 g/mol. The zero-order chi connectivity index (χ0) is 7.21. The fourth-order valence-corrected chi connectivity index (χ4v) is 0. The molecule has 0 saturated heterocycles. The van der Waals surface area contributed by atoms with Crippen molar-refractivity contribution in [3.05, 3.63) is 0 Å². The summed E-state index contributed by atoms with van der Waals surface area (Å²) < 4.78 is 8.77. The summed E-state index contributed by atoms with van der Waals surface area (Å²) in [7, 11) is -4.89. The second-order valence-corrected chi connectivity index (χ2v) is 1.79. The van der Waals surface area contributed by atoms with Gasteiger partial charge in [-0.25, -0.2) is 0 Å². The fraction of sp³-hybridized carbons (Fsp3) is 1.00. The Morgan fingerprint density at radius 2 is 1.56 bits per heavy atom. The largest absolute Gasteiger partial charge is 1.00 e. The molecule has 0 fully saturated rings. The third-order valence-corrected chi connectivity index (χ3v) is 0. The molecule has 0 aliphatic carbocycles. The van der Waals surface area contributed by atoms with Crippen molar-refractivity contribution in [2.45, 2.75) is 6.92 Å². The van der Waals surface area contributed by atoms with E-state index < -0.39 is 7.82 Å². The molecule has 0 aliphatic rings. The molecule has 0 aromatic heterocycles. The Bertz CT molecular complexity index is 70.8. The molecule has 0 bridgehead atoms. The Hall–Kier alpha value is 0.667. The van der Waals surface area contributed by atoms with Crippen LogP contribution < -0.4 is 23.8 Å². The standard InChI is InChI=1S/C2H6O.Li.H3O4P/c1-2-3;;1-5(2,3)4/h3H,2H2,1H3;;(H3,1,2,3,4)/q;+1;/p-1. The summed E-state index contributed by atoms with van der Waals surface area (Å²) in [4.78, 5) is 22.9. The van der Waals surface area contributed by atoms with Gasteiger partial charge in [0.1, 0.15) is 0 Å². The maximum atomic E-state index is 8.77. The second kappa shape index (κ2) is 8.67. The Morgan fingerprint density at radius 3 is 1.56 bits per heavy atom. The van der Waals surface area contributed by atoms with Crippen molar-refractivity contribution in [1.82, 2.24) is 0 Å². The minimum absolute atomic E-state index is 0. The average molecular weight is 150 g/mol. The van der Waals surface area contributed by atoms with Crippen LogP contribution >= 0.6 is 7.82 Å². The first kappa shape index (κ1) is 16.3. The van der Waals surface area contributed by atoms with Gasteiger partial charge in [0, 0.05) is 6.61 Å². The predicted octanol–water partition coefficient (Wildman–Crippen LogP) is -4.56. The van der Waals surface area contributed by atoms with Gasteiger partial charge in [-0.05, 0) is 6.92 Å². The molecule has 0 unspecified atom stereocenters. The molecule has 0 radical (unpaired) electrons. The molecule has 5 nitrogen and oxygen atoms in total. The number of aliphatic hydroxyl groups is 1. The first-order valence-electron chi connectivity index (χ1n) is 1.79. The molecule has 7 heteroatoms. The van der Waals surface area contributed by atoms with E-state index in [-0.39, 0.29) is 25.5 Å². The Labute approximate surface area is 65.1 Å². The number of aliphatic hydroxyl groups excluding tert-OH is 1. The van der Waals surface area contributed by atoms with E-state index in [0.717, 1.165) is 0 Å². The van der Waals surface area contributed by atoms with Crippen molar-refractivity contribution in [1.29, 1.82) is 0 Å².